The van der Waals surface area contributed by atoms with Crippen molar-refractivity contribution in [3.8, 4) is 5.75 Å². The Kier molecular flexibility index (Phi) is 3.09. The molecule has 0 radical (unpaired) electrons. The van der Waals surface area contributed by atoms with Gasteiger partial charge in [-0.25, -0.2) is 0 Å². The summed E-state index contributed by atoms with van der Waals surface area (Å²) in [6.45, 7) is 0.882. The molecular weight excluding hydrogens is 238 g/mol. The van der Waals surface area contributed by atoms with Crippen molar-refractivity contribution >= 4 is 11.6 Å². The van der Waals surface area contributed by atoms with Gasteiger partial charge in [-0.3, -0.25) is 4.99 Å². The van der Waals surface area contributed by atoms with Crippen molar-refractivity contribution in [2.75, 3.05) is 19.0 Å². The van der Waals surface area contributed by atoms with Crippen LogP contribution in [0.5, 0.6) is 5.75 Å². The molecule has 19 heavy (non-hydrogen) atoms. The van der Waals surface area contributed by atoms with Crippen molar-refractivity contribution in [3.63, 3.8) is 0 Å². The SMILES string of the molecule is COc1ccc(NC(N)=NCC2(C3CC3)CC2)cc1. The van der Waals surface area contributed by atoms with Gasteiger partial charge in [-0.2, -0.15) is 0 Å². The van der Waals surface area contributed by atoms with Crippen LogP contribution in [0.3, 0.4) is 0 Å². The summed E-state index contributed by atoms with van der Waals surface area (Å²) < 4.78 is 5.12. The highest BCUT2D eigenvalue weighted by atomic mass is 16.5. The topological polar surface area (TPSA) is 59.6 Å². The molecule has 0 atom stereocenters. The van der Waals surface area contributed by atoms with Gasteiger partial charge in [-0.1, -0.05) is 0 Å². The van der Waals surface area contributed by atoms with E-state index in [2.05, 4.69) is 10.3 Å². The number of nitrogens with one attached hydrogen (secondary N) is 1. The number of anilines is 1. The minimum absolute atomic E-state index is 0.506. The molecule has 4 nitrogen and oxygen atoms in total. The predicted molar refractivity (Wildman–Crippen MR) is 77.5 cm³/mol. The summed E-state index contributed by atoms with van der Waals surface area (Å²) in [6.07, 6.45) is 5.44. The number of hydrogen-bond acceptors (Lipinski definition) is 2. The van der Waals surface area contributed by atoms with Gasteiger partial charge in [0.1, 0.15) is 5.75 Å². The zero-order chi connectivity index (χ0) is 13.3. The molecule has 1 aromatic rings. The lowest BCUT2D eigenvalue weighted by molar-refractivity contribution is 0.415. The van der Waals surface area contributed by atoms with E-state index < -0.39 is 0 Å². The minimum Gasteiger partial charge on any atom is -0.497 e. The fourth-order valence-electron chi connectivity index (χ4n) is 2.66. The molecule has 0 saturated heterocycles. The van der Waals surface area contributed by atoms with E-state index >= 15 is 0 Å². The quantitative estimate of drug-likeness (QED) is 0.631. The van der Waals surface area contributed by atoms with Crippen LogP contribution in [0.2, 0.25) is 0 Å². The van der Waals surface area contributed by atoms with Crippen molar-refractivity contribution in [2.45, 2.75) is 25.7 Å². The molecule has 0 aliphatic heterocycles. The van der Waals surface area contributed by atoms with Crippen LogP contribution in [0.4, 0.5) is 5.69 Å². The molecule has 3 N–H and O–H groups in total. The van der Waals surface area contributed by atoms with E-state index in [1.54, 1.807) is 7.11 Å². The number of nitrogens with two attached hydrogens (primary N) is 1. The highest BCUT2D eigenvalue weighted by Crippen LogP contribution is 2.61. The van der Waals surface area contributed by atoms with Gasteiger partial charge in [0.25, 0.3) is 0 Å². The molecule has 3 rings (SSSR count). The molecule has 0 amide bonds. The summed E-state index contributed by atoms with van der Waals surface area (Å²) in [5.74, 6) is 2.27. The Morgan fingerprint density at radius 2 is 2.05 bits per heavy atom. The van der Waals surface area contributed by atoms with Crippen molar-refractivity contribution in [3.05, 3.63) is 24.3 Å². The lowest BCUT2D eigenvalue weighted by atomic mass is 10.0. The molecule has 2 fully saturated rings. The lowest BCUT2D eigenvalue weighted by Gasteiger charge is -2.11. The maximum absolute atomic E-state index is 5.94. The molecule has 102 valence electrons. The molecule has 1 aromatic carbocycles. The summed E-state index contributed by atoms with van der Waals surface area (Å²) in [7, 11) is 1.66. The van der Waals surface area contributed by atoms with Crippen molar-refractivity contribution in [2.24, 2.45) is 22.1 Å². The van der Waals surface area contributed by atoms with Gasteiger partial charge in [0.15, 0.2) is 5.96 Å². The van der Waals surface area contributed by atoms with Crippen molar-refractivity contribution in [1.29, 1.82) is 0 Å². The molecule has 2 aliphatic carbocycles. The highest BCUT2D eigenvalue weighted by molar-refractivity contribution is 5.92. The fourth-order valence-corrected chi connectivity index (χ4v) is 2.66. The van der Waals surface area contributed by atoms with Gasteiger partial charge in [0.05, 0.1) is 7.11 Å². The minimum atomic E-state index is 0.506. The molecule has 0 aromatic heterocycles. The van der Waals surface area contributed by atoms with Crippen LogP contribution in [-0.4, -0.2) is 19.6 Å². The standard InChI is InChI=1S/C15H21N3O/c1-19-13-6-4-12(5-7-13)18-14(16)17-10-15(8-9-15)11-2-3-11/h4-7,11H,2-3,8-10H2,1H3,(H3,16,17,18). The maximum atomic E-state index is 5.94. The van der Waals surface area contributed by atoms with E-state index in [4.69, 9.17) is 10.5 Å². The van der Waals surface area contributed by atoms with Crippen LogP contribution >= 0.6 is 0 Å². The number of hydrogen-bond donors (Lipinski definition) is 2. The second-order valence-electron chi connectivity index (χ2n) is 5.69. The number of methoxy groups -OCH3 is 1. The Labute approximate surface area is 114 Å². The normalized spacial score (nSPS) is 21.0. The smallest absolute Gasteiger partial charge is 0.193 e. The van der Waals surface area contributed by atoms with Gasteiger partial charge >= 0.3 is 0 Å². The van der Waals surface area contributed by atoms with Crippen molar-refractivity contribution < 1.29 is 4.74 Å². The van der Waals surface area contributed by atoms with Gasteiger partial charge in [0, 0.05) is 12.2 Å². The Morgan fingerprint density at radius 1 is 1.37 bits per heavy atom. The van der Waals surface area contributed by atoms with Gasteiger partial charge < -0.3 is 15.8 Å². The third kappa shape index (κ3) is 2.83. The largest absolute Gasteiger partial charge is 0.497 e. The third-order valence-corrected chi connectivity index (χ3v) is 4.26. The lowest BCUT2D eigenvalue weighted by Crippen LogP contribution is -2.24. The first kappa shape index (κ1) is 12.3. The maximum Gasteiger partial charge on any atom is 0.193 e. The van der Waals surface area contributed by atoms with E-state index in [9.17, 15) is 0 Å². The second-order valence-corrected chi connectivity index (χ2v) is 5.69. The molecule has 0 bridgehead atoms. The van der Waals surface area contributed by atoms with Crippen LogP contribution in [0.15, 0.2) is 29.3 Å². The fraction of sp³-hybridized carbons (Fsp3) is 0.533. The van der Waals surface area contributed by atoms with E-state index in [1.165, 1.54) is 25.7 Å². The number of aliphatic imine (C=N–C) groups is 1. The Bertz CT molecular complexity index is 473. The Balaban J connectivity index is 1.56. The molecule has 0 spiro atoms. The second kappa shape index (κ2) is 4.76. The first-order chi connectivity index (χ1) is 9.22. The van der Waals surface area contributed by atoms with Gasteiger partial charge in [0.2, 0.25) is 0 Å². The first-order valence-electron chi connectivity index (χ1n) is 6.93. The molecular formula is C15H21N3O. The molecule has 0 heterocycles. The Hall–Kier alpha value is -1.71. The van der Waals surface area contributed by atoms with Crippen LogP contribution in [0, 0.1) is 11.3 Å². The Morgan fingerprint density at radius 3 is 2.58 bits per heavy atom. The number of rotatable bonds is 5. The van der Waals surface area contributed by atoms with Crippen LogP contribution in [-0.2, 0) is 0 Å². The summed E-state index contributed by atoms with van der Waals surface area (Å²) in [5, 5.41) is 3.13. The molecule has 2 saturated carbocycles. The number of benzene rings is 1. The number of ether oxygens (including phenoxy) is 1. The summed E-state index contributed by atoms with van der Waals surface area (Å²) in [4.78, 5) is 4.51. The van der Waals surface area contributed by atoms with E-state index in [0.717, 1.165) is 23.9 Å². The van der Waals surface area contributed by atoms with Crippen LogP contribution < -0.4 is 15.8 Å². The van der Waals surface area contributed by atoms with Gasteiger partial charge in [-0.05, 0) is 61.3 Å². The average molecular weight is 259 g/mol. The average Bonchev–Trinajstić information content (AvgIpc) is 3.29. The molecule has 4 heteroatoms. The van der Waals surface area contributed by atoms with E-state index in [0.29, 0.717) is 11.4 Å². The summed E-state index contributed by atoms with van der Waals surface area (Å²) in [6, 6.07) is 7.69. The van der Waals surface area contributed by atoms with E-state index in [-0.39, 0.29) is 0 Å². The van der Waals surface area contributed by atoms with Crippen LogP contribution in [0.25, 0.3) is 0 Å². The van der Waals surface area contributed by atoms with Crippen molar-refractivity contribution in [1.82, 2.24) is 0 Å². The van der Waals surface area contributed by atoms with Crippen LogP contribution in [0.1, 0.15) is 25.7 Å². The summed E-state index contributed by atoms with van der Waals surface area (Å²) >= 11 is 0. The zero-order valence-corrected chi connectivity index (χ0v) is 11.4. The number of nitrogens with zero attached hydrogens (tertiary/aromatic N) is 1. The molecule has 2 aliphatic rings. The highest BCUT2D eigenvalue weighted by Gasteiger charge is 2.53. The summed E-state index contributed by atoms with van der Waals surface area (Å²) in [5.41, 5.74) is 7.39. The molecule has 0 unspecified atom stereocenters. The number of guanidine groups is 1. The van der Waals surface area contributed by atoms with Gasteiger partial charge in [-0.15, -0.1) is 0 Å². The van der Waals surface area contributed by atoms with E-state index in [1.807, 2.05) is 24.3 Å². The monoisotopic (exact) mass is 259 g/mol. The zero-order valence-electron chi connectivity index (χ0n) is 11.4. The first-order valence-corrected chi connectivity index (χ1v) is 6.93. The third-order valence-electron chi connectivity index (χ3n) is 4.26. The predicted octanol–water partition coefficient (Wildman–Crippen LogP) is 2.61.